The number of carbonyl (C=O) groups is 2. The predicted molar refractivity (Wildman–Crippen MR) is 123 cm³/mol. The molecule has 2 saturated carbocycles. The van der Waals surface area contributed by atoms with Crippen LogP contribution in [0.3, 0.4) is 0 Å². The Morgan fingerprint density at radius 3 is 2.78 bits per heavy atom. The second-order valence-corrected chi connectivity index (χ2v) is 9.51. The number of fused-ring (bicyclic) bond motifs is 1. The molecule has 3 aliphatic rings. The first-order valence-electron chi connectivity index (χ1n) is 10.8. The van der Waals surface area contributed by atoms with E-state index in [9.17, 15) is 9.59 Å². The zero-order chi connectivity index (χ0) is 21.8. The fraction of sp³-hybridized carbons (Fsp3) is 0.304. The van der Waals surface area contributed by atoms with Gasteiger partial charge in [0.1, 0.15) is 5.82 Å². The molecule has 32 heavy (non-hydrogen) atoms. The number of nitrogens with zero attached hydrogens (tertiary/aromatic N) is 3. The molecule has 8 nitrogen and oxygen atoms in total. The average molecular weight is 447 g/mol. The van der Waals surface area contributed by atoms with Crippen molar-refractivity contribution in [2.45, 2.75) is 44.2 Å². The second kappa shape index (κ2) is 7.30. The van der Waals surface area contributed by atoms with Crippen molar-refractivity contribution < 1.29 is 9.59 Å². The molecule has 0 unspecified atom stereocenters. The van der Waals surface area contributed by atoms with E-state index in [1.807, 2.05) is 23.6 Å². The molecule has 0 spiro atoms. The quantitative estimate of drug-likeness (QED) is 0.539. The summed E-state index contributed by atoms with van der Waals surface area (Å²) < 4.78 is 1.80. The van der Waals surface area contributed by atoms with Crippen LogP contribution in [0.1, 0.15) is 47.3 Å². The minimum atomic E-state index is -0.0576. The lowest BCUT2D eigenvalue weighted by atomic mass is 10.1. The van der Waals surface area contributed by atoms with Gasteiger partial charge < -0.3 is 16.0 Å². The van der Waals surface area contributed by atoms with Crippen molar-refractivity contribution in [2.24, 2.45) is 0 Å². The number of rotatable bonds is 6. The van der Waals surface area contributed by atoms with Crippen molar-refractivity contribution in [3.05, 3.63) is 52.0 Å². The summed E-state index contributed by atoms with van der Waals surface area (Å²) in [4.78, 5) is 29.7. The predicted octanol–water partition coefficient (Wildman–Crippen LogP) is 3.34. The van der Waals surface area contributed by atoms with E-state index in [0.29, 0.717) is 34.7 Å². The van der Waals surface area contributed by atoms with Crippen LogP contribution >= 0.6 is 11.3 Å². The van der Waals surface area contributed by atoms with Gasteiger partial charge in [-0.1, -0.05) is 6.58 Å². The number of amides is 2. The van der Waals surface area contributed by atoms with Crippen LogP contribution in [-0.2, 0) is 4.79 Å². The second-order valence-electron chi connectivity index (χ2n) is 8.60. The Hall–Kier alpha value is -3.46. The molecule has 3 N–H and O–H groups in total. The van der Waals surface area contributed by atoms with Gasteiger partial charge >= 0.3 is 0 Å². The van der Waals surface area contributed by atoms with Crippen LogP contribution < -0.4 is 16.0 Å². The number of hydrogen-bond donors (Lipinski definition) is 3. The summed E-state index contributed by atoms with van der Waals surface area (Å²) in [7, 11) is 0. The van der Waals surface area contributed by atoms with E-state index in [1.165, 1.54) is 11.3 Å². The molecule has 6 rings (SSSR count). The molecule has 4 heterocycles. The van der Waals surface area contributed by atoms with Crippen LogP contribution in [0.15, 0.2) is 41.6 Å². The molecule has 1 aliphatic heterocycles. The van der Waals surface area contributed by atoms with Crippen LogP contribution in [0.4, 0.5) is 5.82 Å². The highest BCUT2D eigenvalue weighted by Crippen LogP contribution is 2.32. The number of thiophene rings is 1. The van der Waals surface area contributed by atoms with Gasteiger partial charge in [-0.3, -0.25) is 9.59 Å². The van der Waals surface area contributed by atoms with Gasteiger partial charge in [0.25, 0.3) is 5.91 Å². The maximum atomic E-state index is 12.4. The number of anilines is 1. The SMILES string of the molecule is C=C1NC(=O)C/C1=C\c1cnn2c(NC3CC3)cc(-c3csc(C(=O)NC4CC4)c3)nc12. The van der Waals surface area contributed by atoms with Crippen molar-refractivity contribution >= 4 is 40.7 Å². The Labute approximate surface area is 188 Å². The number of hydrogen-bond acceptors (Lipinski definition) is 6. The molecule has 0 radical (unpaired) electrons. The normalized spacial score (nSPS) is 19.6. The van der Waals surface area contributed by atoms with Crippen molar-refractivity contribution in [1.29, 1.82) is 0 Å². The number of carbonyl (C=O) groups excluding carboxylic acids is 2. The molecule has 162 valence electrons. The van der Waals surface area contributed by atoms with E-state index < -0.39 is 0 Å². The first-order valence-corrected chi connectivity index (χ1v) is 11.7. The van der Waals surface area contributed by atoms with E-state index in [-0.39, 0.29) is 11.8 Å². The summed E-state index contributed by atoms with van der Waals surface area (Å²) in [6.07, 6.45) is 8.37. The van der Waals surface area contributed by atoms with Crippen molar-refractivity contribution in [1.82, 2.24) is 25.2 Å². The molecule has 3 aromatic heterocycles. The van der Waals surface area contributed by atoms with Gasteiger partial charge in [-0.2, -0.15) is 9.61 Å². The highest BCUT2D eigenvalue weighted by atomic mass is 32.1. The minimum absolute atomic E-state index is 0.0205. The van der Waals surface area contributed by atoms with Gasteiger partial charge in [0.05, 0.1) is 23.2 Å². The molecule has 2 amide bonds. The fourth-order valence-electron chi connectivity index (χ4n) is 3.74. The highest BCUT2D eigenvalue weighted by molar-refractivity contribution is 7.12. The summed E-state index contributed by atoms with van der Waals surface area (Å²) in [5.74, 6) is 0.789. The van der Waals surface area contributed by atoms with Crippen LogP contribution in [0.5, 0.6) is 0 Å². The third-order valence-electron chi connectivity index (χ3n) is 5.82. The Morgan fingerprint density at radius 1 is 1.25 bits per heavy atom. The molecular weight excluding hydrogens is 424 g/mol. The first kappa shape index (κ1) is 19.2. The smallest absolute Gasteiger partial charge is 0.261 e. The van der Waals surface area contributed by atoms with Crippen LogP contribution in [0, 0.1) is 0 Å². The summed E-state index contributed by atoms with van der Waals surface area (Å²) >= 11 is 1.43. The first-order chi connectivity index (χ1) is 15.5. The fourth-order valence-corrected chi connectivity index (χ4v) is 4.54. The standard InChI is InChI=1S/C23H22N6O2S/c1-12-13(8-21(30)25-12)6-14-10-24-29-20(26-16-2-3-16)9-18(28-22(14)29)15-7-19(32-11-15)23(31)27-17-4-5-17/h6-7,9-11,16-17,26H,1-5,8H2,(H,25,30)(H,27,31)/b13-6+. The van der Waals surface area contributed by atoms with Crippen LogP contribution in [0.25, 0.3) is 23.0 Å². The Morgan fingerprint density at radius 2 is 2.06 bits per heavy atom. The number of allylic oxidation sites excluding steroid dienone is 1. The van der Waals surface area contributed by atoms with E-state index in [4.69, 9.17) is 4.98 Å². The summed E-state index contributed by atoms with van der Waals surface area (Å²) in [6, 6.07) is 4.65. The molecule has 9 heteroatoms. The molecule has 2 aliphatic carbocycles. The maximum Gasteiger partial charge on any atom is 0.261 e. The van der Waals surface area contributed by atoms with Crippen molar-refractivity contribution in [3.8, 4) is 11.3 Å². The third-order valence-corrected chi connectivity index (χ3v) is 6.75. The van der Waals surface area contributed by atoms with Crippen molar-refractivity contribution in [3.63, 3.8) is 0 Å². The Bertz CT molecular complexity index is 1310. The molecule has 3 fully saturated rings. The molecule has 0 aromatic carbocycles. The largest absolute Gasteiger partial charge is 0.367 e. The summed E-state index contributed by atoms with van der Waals surface area (Å²) in [5.41, 5.74) is 4.65. The zero-order valence-electron chi connectivity index (χ0n) is 17.4. The van der Waals surface area contributed by atoms with E-state index in [0.717, 1.165) is 53.9 Å². The minimum Gasteiger partial charge on any atom is -0.367 e. The maximum absolute atomic E-state index is 12.4. The summed E-state index contributed by atoms with van der Waals surface area (Å²) in [6.45, 7) is 3.92. The average Bonchev–Trinajstić information content (AvgIpc) is 3.63. The Kier molecular flexibility index (Phi) is 4.39. The molecule has 3 aromatic rings. The number of aromatic nitrogens is 3. The van der Waals surface area contributed by atoms with Gasteiger partial charge in [0.2, 0.25) is 5.91 Å². The lowest BCUT2D eigenvalue weighted by molar-refractivity contribution is -0.118. The Balaban J connectivity index is 1.40. The van der Waals surface area contributed by atoms with Crippen molar-refractivity contribution in [2.75, 3.05) is 5.32 Å². The molecule has 0 bridgehead atoms. The highest BCUT2D eigenvalue weighted by Gasteiger charge is 2.26. The molecular formula is C23H22N6O2S. The third kappa shape index (κ3) is 3.69. The van der Waals surface area contributed by atoms with Crippen LogP contribution in [-0.4, -0.2) is 38.5 Å². The summed E-state index contributed by atoms with van der Waals surface area (Å²) in [5, 5.41) is 15.8. The van der Waals surface area contributed by atoms with Gasteiger partial charge in [-0.05, 0) is 43.4 Å². The molecule has 1 saturated heterocycles. The topological polar surface area (TPSA) is 100 Å². The monoisotopic (exact) mass is 446 g/mol. The van der Waals surface area contributed by atoms with Crippen LogP contribution in [0.2, 0.25) is 0 Å². The van der Waals surface area contributed by atoms with Gasteiger partial charge in [-0.15, -0.1) is 11.3 Å². The van der Waals surface area contributed by atoms with Gasteiger partial charge in [0, 0.05) is 40.4 Å². The van der Waals surface area contributed by atoms with E-state index in [1.54, 1.807) is 10.7 Å². The zero-order valence-corrected chi connectivity index (χ0v) is 18.2. The van der Waals surface area contributed by atoms with Gasteiger partial charge in [-0.25, -0.2) is 4.98 Å². The molecule has 0 atom stereocenters. The lowest BCUT2D eigenvalue weighted by Crippen LogP contribution is -2.24. The van der Waals surface area contributed by atoms with E-state index in [2.05, 4.69) is 27.6 Å². The lowest BCUT2D eigenvalue weighted by Gasteiger charge is -2.09. The number of nitrogens with one attached hydrogen (secondary N) is 3. The van der Waals surface area contributed by atoms with E-state index >= 15 is 0 Å². The van der Waals surface area contributed by atoms with Gasteiger partial charge in [0.15, 0.2) is 5.65 Å².